The molecular formula is C29H47N3O2. The number of likely N-dealkylation sites (tertiary alicyclic amines) is 1. The molecule has 1 fully saturated rings. The van der Waals surface area contributed by atoms with Crippen LogP contribution in [-0.2, 0) is 4.74 Å². The molecule has 0 aromatic carbocycles. The molecule has 5 heteroatoms. The van der Waals surface area contributed by atoms with Crippen LogP contribution in [-0.4, -0.2) is 39.2 Å². The number of hydrogen-bond donors (Lipinski definition) is 1. The quantitative estimate of drug-likeness (QED) is 0.477. The second-order valence-electron chi connectivity index (χ2n) is 11.4. The lowest BCUT2D eigenvalue weighted by molar-refractivity contribution is -0.0322. The number of nitrogens with zero attached hydrogens (tertiary/aromatic N) is 2. The van der Waals surface area contributed by atoms with Crippen LogP contribution in [0.1, 0.15) is 135 Å². The molecule has 1 aliphatic heterocycles. The Morgan fingerprint density at radius 1 is 1.21 bits per heavy atom. The number of rotatable bonds is 4. The molecule has 0 saturated carbocycles. The van der Waals surface area contributed by atoms with E-state index in [1.165, 1.54) is 19.1 Å². The lowest BCUT2D eigenvalue weighted by atomic mass is 9.72. The van der Waals surface area contributed by atoms with Crippen LogP contribution < -0.4 is 5.32 Å². The predicted octanol–water partition coefficient (Wildman–Crippen LogP) is 7.78. The monoisotopic (exact) mass is 481 g/mol. The van der Waals surface area contributed by atoms with Crippen LogP contribution in [0.25, 0.3) is 5.57 Å². The van der Waals surface area contributed by atoms with E-state index in [-0.39, 0.29) is 11.1 Å². The number of aromatic nitrogens is 1. The third kappa shape index (κ3) is 6.21. The molecule has 3 rings (SSSR count). The zero-order chi connectivity index (χ0) is 35.5. The third-order valence-electron chi connectivity index (χ3n) is 6.57. The number of carbonyl (C=O) groups is 1. The molecule has 0 atom stereocenters. The highest BCUT2D eigenvalue weighted by molar-refractivity contribution is 5.89. The summed E-state index contributed by atoms with van der Waals surface area (Å²) in [6, 6.07) is 3.00. The molecule has 2 heterocycles. The van der Waals surface area contributed by atoms with E-state index in [1.807, 2.05) is 6.08 Å². The van der Waals surface area contributed by atoms with E-state index in [0.717, 1.165) is 12.0 Å². The first-order valence-electron chi connectivity index (χ1n) is 18.0. The molecule has 0 spiro atoms. The molecule has 0 radical (unpaired) electrons. The van der Waals surface area contributed by atoms with Crippen LogP contribution in [0.2, 0.25) is 0 Å². The van der Waals surface area contributed by atoms with Gasteiger partial charge in [-0.3, -0.25) is 15.2 Å². The first-order chi connectivity index (χ1) is 20.5. The summed E-state index contributed by atoms with van der Waals surface area (Å²) in [4.78, 5) is 18.3. The Labute approximate surface area is 224 Å². The highest BCUT2D eigenvalue weighted by Crippen LogP contribution is 2.46. The fourth-order valence-corrected chi connectivity index (χ4v) is 4.83. The van der Waals surface area contributed by atoms with Crippen LogP contribution in [0.3, 0.4) is 0 Å². The number of carbonyl (C=O) groups excluding carboxylic acids is 1. The minimum atomic E-state index is -3.31. The van der Waals surface area contributed by atoms with E-state index in [4.69, 9.17) is 26.2 Å². The van der Waals surface area contributed by atoms with E-state index in [0.29, 0.717) is 29.1 Å². The normalized spacial score (nSPS) is 29.4. The zero-order valence-electron chi connectivity index (χ0n) is 33.3. The maximum atomic E-state index is 12.8. The summed E-state index contributed by atoms with van der Waals surface area (Å²) in [5.41, 5.74) is -4.86. The van der Waals surface area contributed by atoms with E-state index < -0.39 is 75.5 Å². The average Bonchev–Trinajstić information content (AvgIpc) is 2.84. The van der Waals surface area contributed by atoms with Gasteiger partial charge in [-0.25, -0.2) is 4.79 Å². The highest BCUT2D eigenvalue weighted by Gasteiger charge is 2.45. The molecule has 0 bridgehead atoms. The maximum absolute atomic E-state index is 12.8. The van der Waals surface area contributed by atoms with Gasteiger partial charge in [-0.1, -0.05) is 26.8 Å². The number of pyridine rings is 1. The van der Waals surface area contributed by atoms with Gasteiger partial charge in [-0.15, -0.1) is 0 Å². The molecule has 190 valence electrons. The van der Waals surface area contributed by atoms with Crippen LogP contribution in [0.5, 0.6) is 0 Å². The van der Waals surface area contributed by atoms with Gasteiger partial charge in [0.15, 0.2) is 0 Å². The van der Waals surface area contributed by atoms with E-state index in [2.05, 4.69) is 19.2 Å². The summed E-state index contributed by atoms with van der Waals surface area (Å²) in [6.45, 7) is -2.92. The van der Waals surface area contributed by atoms with Crippen molar-refractivity contribution in [2.75, 3.05) is 11.9 Å². The van der Waals surface area contributed by atoms with Gasteiger partial charge in [0.05, 0.1) is 11.4 Å². The lowest BCUT2D eigenvalue weighted by Crippen LogP contribution is -2.59. The summed E-state index contributed by atoms with van der Waals surface area (Å²) in [6.07, 6.45) is 2.16. The van der Waals surface area contributed by atoms with Crippen molar-refractivity contribution < 1.29 is 26.0 Å². The van der Waals surface area contributed by atoms with Crippen molar-refractivity contribution in [3.05, 3.63) is 29.6 Å². The van der Waals surface area contributed by atoms with Crippen molar-refractivity contribution >= 4 is 17.4 Å². The fourth-order valence-electron chi connectivity index (χ4n) is 4.83. The Hall–Kier alpha value is -1.88. The summed E-state index contributed by atoms with van der Waals surface area (Å²) in [5.74, 6) is -1.19. The molecule has 34 heavy (non-hydrogen) atoms. The summed E-state index contributed by atoms with van der Waals surface area (Å²) in [7, 11) is 0. The lowest BCUT2D eigenvalue weighted by Gasteiger charge is -2.55. The van der Waals surface area contributed by atoms with Gasteiger partial charge < -0.3 is 4.74 Å². The summed E-state index contributed by atoms with van der Waals surface area (Å²) >= 11 is 0. The Bertz CT molecular complexity index is 1250. The first-order valence-corrected chi connectivity index (χ1v) is 12.0. The molecule has 1 saturated heterocycles. The Morgan fingerprint density at radius 2 is 1.85 bits per heavy atom. The molecule has 1 aromatic heterocycles. The van der Waals surface area contributed by atoms with Crippen molar-refractivity contribution in [1.29, 1.82) is 0 Å². The number of nitrogens with one attached hydrogen (secondary N) is 1. The number of amides is 1. The number of allylic oxidation sites excluding steroid dienone is 2. The topological polar surface area (TPSA) is 54.5 Å². The first kappa shape index (κ1) is 14.6. The van der Waals surface area contributed by atoms with Gasteiger partial charge in [-0.05, 0) is 110 Å². The molecule has 1 N–H and O–H groups in total. The summed E-state index contributed by atoms with van der Waals surface area (Å²) < 4.78 is 107. The van der Waals surface area contributed by atoms with Crippen LogP contribution in [0, 0.1) is 5.41 Å². The Kier molecular flexibility index (Phi) is 4.00. The number of ether oxygens (including phenoxy) is 1. The minimum Gasteiger partial charge on any atom is -0.444 e. The molecule has 1 amide bonds. The molecule has 5 nitrogen and oxygen atoms in total. The van der Waals surface area contributed by atoms with Crippen LogP contribution >= 0.6 is 0 Å². The van der Waals surface area contributed by atoms with Crippen molar-refractivity contribution in [2.45, 2.75) is 124 Å². The largest absolute Gasteiger partial charge is 0.444 e. The molecule has 2 aliphatic rings. The van der Waals surface area contributed by atoms with Gasteiger partial charge in [0.1, 0.15) is 5.60 Å². The highest BCUT2D eigenvalue weighted by atomic mass is 16.6. The second-order valence-corrected chi connectivity index (χ2v) is 11.4. The number of piperidine rings is 1. The van der Waals surface area contributed by atoms with E-state index in [9.17, 15) is 4.79 Å². The summed E-state index contributed by atoms with van der Waals surface area (Å²) in [5, 5.41) is 2.73. The van der Waals surface area contributed by atoms with Gasteiger partial charge in [-0.2, -0.15) is 0 Å². The van der Waals surface area contributed by atoms with Crippen molar-refractivity contribution in [1.82, 2.24) is 9.88 Å². The fraction of sp³-hybridized carbons (Fsp3) is 0.724. The molecule has 1 aromatic rings. The SMILES string of the molecule is [2H]C([2H])([2H])C1(C([2H])([2H])[2H])CC(c2ccc(NC(=O)OC(C)(C)C)c(C3=CCC(C)(C)CC3)n2)CC(C([2H])([2H])[2H])(C([2H])([2H])[2H])N1CC. The average molecular weight is 482 g/mol. The number of hydrogen-bond acceptors (Lipinski definition) is 4. The van der Waals surface area contributed by atoms with Crippen LogP contribution in [0.4, 0.5) is 10.5 Å². The van der Waals surface area contributed by atoms with Gasteiger partial charge in [0.2, 0.25) is 0 Å². The third-order valence-corrected chi connectivity index (χ3v) is 6.57. The van der Waals surface area contributed by atoms with Crippen molar-refractivity contribution in [3.8, 4) is 0 Å². The molecule has 1 aliphatic carbocycles. The van der Waals surface area contributed by atoms with Gasteiger partial charge >= 0.3 is 6.09 Å². The van der Waals surface area contributed by atoms with Gasteiger partial charge in [0, 0.05) is 39.1 Å². The molecule has 0 unspecified atom stereocenters. The van der Waals surface area contributed by atoms with Crippen molar-refractivity contribution in [2.24, 2.45) is 5.41 Å². The predicted molar refractivity (Wildman–Crippen MR) is 142 cm³/mol. The molecular weight excluding hydrogens is 422 g/mol. The van der Waals surface area contributed by atoms with E-state index in [1.54, 1.807) is 20.8 Å². The second kappa shape index (κ2) is 9.29. The Balaban J connectivity index is 2.34. The van der Waals surface area contributed by atoms with E-state index >= 15 is 0 Å². The minimum absolute atomic E-state index is 0.0187. The zero-order valence-corrected chi connectivity index (χ0v) is 21.3. The standard InChI is InChI=1S/C29H47N3O2/c1-11-32-28(7,8)18-21(19-29(32,9)10)22-12-13-23(31-25(33)34-26(2,3)4)24(30-22)20-14-16-27(5,6)17-15-20/h12-14,21H,11,15-19H2,1-10H3,(H,31,33)/i7D3,8D3,9D3,10D3. The van der Waals surface area contributed by atoms with Gasteiger partial charge in [0.25, 0.3) is 0 Å². The smallest absolute Gasteiger partial charge is 0.412 e. The van der Waals surface area contributed by atoms with Crippen LogP contribution in [0.15, 0.2) is 18.2 Å². The Morgan fingerprint density at radius 3 is 2.35 bits per heavy atom. The van der Waals surface area contributed by atoms with Crippen molar-refractivity contribution in [3.63, 3.8) is 0 Å². The maximum Gasteiger partial charge on any atom is 0.412 e. The number of anilines is 1.